The Kier molecular flexibility index (Phi) is 7.82. The van der Waals surface area contributed by atoms with Crippen LogP contribution in [0.5, 0.6) is 0 Å². The zero-order chi connectivity index (χ0) is 21.4. The van der Waals surface area contributed by atoms with Crippen LogP contribution in [0.1, 0.15) is 18.1 Å². The van der Waals surface area contributed by atoms with Crippen molar-refractivity contribution >= 4 is 17.8 Å². The van der Waals surface area contributed by atoms with Gasteiger partial charge in [-0.05, 0) is 29.3 Å². The minimum atomic E-state index is -1.14. The zero-order valence-corrected chi connectivity index (χ0v) is 16.1. The normalized spacial score (nSPS) is 12.6. The van der Waals surface area contributed by atoms with Crippen molar-refractivity contribution in [1.82, 2.24) is 10.6 Å². The second kappa shape index (κ2) is 10.3. The molecular weight excluding hydrogens is 382 g/mol. The van der Waals surface area contributed by atoms with Crippen LogP contribution in [0.25, 0.3) is 0 Å². The van der Waals surface area contributed by atoms with Gasteiger partial charge in [-0.25, -0.2) is 13.6 Å². The van der Waals surface area contributed by atoms with Gasteiger partial charge in [-0.2, -0.15) is 0 Å². The lowest BCUT2D eigenvalue weighted by Gasteiger charge is -2.22. The molecule has 2 aromatic rings. The standard InChI is InChI=1S/C21H22F2N2O4/c1-13(26)24-18(11-14-7-9-16(22)10-8-14)20(27)25-19(21(28)29-2)12-15-5-3-4-6-17(15)23/h3-10,18-19H,11-12H2,1-2H3,(H,24,26)(H,25,27)/t18-,19-/m0/s1. The number of esters is 1. The van der Waals surface area contributed by atoms with Crippen molar-refractivity contribution in [2.75, 3.05) is 7.11 Å². The Labute approximate surface area is 167 Å². The Hall–Kier alpha value is -3.29. The Morgan fingerprint density at radius 1 is 0.931 bits per heavy atom. The van der Waals surface area contributed by atoms with E-state index in [9.17, 15) is 23.2 Å². The summed E-state index contributed by atoms with van der Waals surface area (Å²) in [7, 11) is 1.16. The van der Waals surface area contributed by atoms with Crippen molar-refractivity contribution in [3.8, 4) is 0 Å². The second-order valence-electron chi connectivity index (χ2n) is 6.46. The van der Waals surface area contributed by atoms with Crippen molar-refractivity contribution < 1.29 is 27.9 Å². The molecule has 154 valence electrons. The summed E-state index contributed by atoms with van der Waals surface area (Å²) in [6, 6.07) is 9.20. The largest absolute Gasteiger partial charge is 0.467 e. The molecule has 8 heteroatoms. The highest BCUT2D eigenvalue weighted by Crippen LogP contribution is 2.11. The van der Waals surface area contributed by atoms with E-state index in [0.29, 0.717) is 5.56 Å². The van der Waals surface area contributed by atoms with Crippen LogP contribution in [-0.2, 0) is 32.0 Å². The van der Waals surface area contributed by atoms with Crippen molar-refractivity contribution in [1.29, 1.82) is 0 Å². The van der Waals surface area contributed by atoms with Gasteiger partial charge in [0.05, 0.1) is 7.11 Å². The first kappa shape index (κ1) is 22.0. The van der Waals surface area contributed by atoms with Crippen LogP contribution >= 0.6 is 0 Å². The molecule has 0 aliphatic rings. The molecule has 0 radical (unpaired) electrons. The van der Waals surface area contributed by atoms with Gasteiger partial charge in [0.15, 0.2) is 0 Å². The van der Waals surface area contributed by atoms with E-state index in [1.165, 1.54) is 49.4 Å². The summed E-state index contributed by atoms with van der Waals surface area (Å²) >= 11 is 0. The van der Waals surface area contributed by atoms with Crippen LogP contribution in [-0.4, -0.2) is 37.0 Å². The first-order valence-corrected chi connectivity index (χ1v) is 8.93. The van der Waals surface area contributed by atoms with Crippen LogP contribution in [0.15, 0.2) is 48.5 Å². The molecule has 2 amide bonds. The highest BCUT2D eigenvalue weighted by Gasteiger charge is 2.28. The van der Waals surface area contributed by atoms with Gasteiger partial charge in [0.2, 0.25) is 11.8 Å². The Morgan fingerprint density at radius 3 is 2.17 bits per heavy atom. The number of methoxy groups -OCH3 is 1. The third-order valence-corrected chi connectivity index (χ3v) is 4.23. The summed E-state index contributed by atoms with van der Waals surface area (Å²) in [4.78, 5) is 36.4. The second-order valence-corrected chi connectivity index (χ2v) is 6.46. The maximum atomic E-state index is 14.0. The van der Waals surface area contributed by atoms with Crippen LogP contribution in [0.2, 0.25) is 0 Å². The van der Waals surface area contributed by atoms with E-state index >= 15 is 0 Å². The van der Waals surface area contributed by atoms with E-state index in [1.54, 1.807) is 6.07 Å². The number of carbonyl (C=O) groups excluding carboxylic acids is 3. The fourth-order valence-electron chi connectivity index (χ4n) is 2.80. The number of benzene rings is 2. The molecule has 2 atom stereocenters. The molecule has 0 saturated heterocycles. The smallest absolute Gasteiger partial charge is 0.328 e. The van der Waals surface area contributed by atoms with E-state index in [-0.39, 0.29) is 18.4 Å². The average molecular weight is 404 g/mol. The van der Waals surface area contributed by atoms with Gasteiger partial charge in [-0.3, -0.25) is 9.59 Å². The number of rotatable bonds is 8. The Balaban J connectivity index is 2.17. The fourth-order valence-corrected chi connectivity index (χ4v) is 2.80. The third-order valence-electron chi connectivity index (χ3n) is 4.23. The summed E-state index contributed by atoms with van der Waals surface area (Å²) in [6.07, 6.45) is -0.0340. The van der Waals surface area contributed by atoms with E-state index in [2.05, 4.69) is 10.6 Å². The lowest BCUT2D eigenvalue weighted by atomic mass is 10.0. The topological polar surface area (TPSA) is 84.5 Å². The molecule has 6 nitrogen and oxygen atoms in total. The molecule has 2 aromatic carbocycles. The molecule has 0 aromatic heterocycles. The number of hydrogen-bond acceptors (Lipinski definition) is 4. The lowest BCUT2D eigenvalue weighted by molar-refractivity contribution is -0.145. The predicted octanol–water partition coefficient (Wildman–Crippen LogP) is 1.91. The first-order valence-electron chi connectivity index (χ1n) is 8.93. The highest BCUT2D eigenvalue weighted by molar-refractivity contribution is 5.90. The van der Waals surface area contributed by atoms with Crippen molar-refractivity contribution in [3.05, 3.63) is 71.3 Å². The molecule has 29 heavy (non-hydrogen) atoms. The molecular formula is C21H22F2N2O4. The summed E-state index contributed by atoms with van der Waals surface area (Å²) in [5.41, 5.74) is 0.849. The van der Waals surface area contributed by atoms with Gasteiger partial charge in [0, 0.05) is 19.8 Å². The summed E-state index contributed by atoms with van der Waals surface area (Å²) < 4.78 is 31.8. The molecule has 0 unspecified atom stereocenters. The lowest BCUT2D eigenvalue weighted by Crippen LogP contribution is -2.53. The van der Waals surface area contributed by atoms with Crippen molar-refractivity contribution in [2.45, 2.75) is 31.8 Å². The predicted molar refractivity (Wildman–Crippen MR) is 102 cm³/mol. The van der Waals surface area contributed by atoms with Gasteiger partial charge in [-0.15, -0.1) is 0 Å². The third kappa shape index (κ3) is 6.67. The molecule has 0 saturated carbocycles. The van der Waals surface area contributed by atoms with Crippen molar-refractivity contribution in [3.63, 3.8) is 0 Å². The number of amides is 2. The van der Waals surface area contributed by atoms with Crippen LogP contribution in [0.3, 0.4) is 0 Å². The molecule has 0 aliphatic carbocycles. The number of nitrogens with one attached hydrogen (secondary N) is 2. The molecule has 2 N–H and O–H groups in total. The summed E-state index contributed by atoms with van der Waals surface area (Å²) in [5, 5.41) is 5.02. The van der Waals surface area contributed by atoms with Gasteiger partial charge in [0.1, 0.15) is 23.7 Å². The Bertz CT molecular complexity index is 871. The maximum Gasteiger partial charge on any atom is 0.328 e. The van der Waals surface area contributed by atoms with Crippen molar-refractivity contribution in [2.24, 2.45) is 0 Å². The van der Waals surface area contributed by atoms with Gasteiger partial charge in [-0.1, -0.05) is 30.3 Å². The molecule has 2 rings (SSSR count). The number of ether oxygens (including phenoxy) is 1. The molecule has 0 bridgehead atoms. The number of halogens is 2. The summed E-state index contributed by atoms with van der Waals surface area (Å²) in [6.45, 7) is 1.25. The first-order chi connectivity index (χ1) is 13.8. The van der Waals surface area contributed by atoms with Gasteiger partial charge >= 0.3 is 5.97 Å². The maximum absolute atomic E-state index is 14.0. The Morgan fingerprint density at radius 2 is 1.59 bits per heavy atom. The SMILES string of the molecule is COC(=O)[C@H](Cc1ccccc1F)NC(=O)[C@H](Cc1ccc(F)cc1)NC(C)=O. The van der Waals surface area contributed by atoms with Gasteiger partial charge in [0.25, 0.3) is 0 Å². The van der Waals surface area contributed by atoms with E-state index < -0.39 is 41.5 Å². The average Bonchev–Trinajstić information content (AvgIpc) is 2.69. The minimum absolute atomic E-state index is 0.0826. The van der Waals surface area contributed by atoms with Crippen LogP contribution < -0.4 is 10.6 Å². The summed E-state index contributed by atoms with van der Waals surface area (Å²) in [5.74, 6) is -2.78. The monoisotopic (exact) mass is 404 g/mol. The van der Waals surface area contributed by atoms with Crippen LogP contribution in [0.4, 0.5) is 8.78 Å². The molecule has 0 aliphatic heterocycles. The highest BCUT2D eigenvalue weighted by atomic mass is 19.1. The van der Waals surface area contributed by atoms with Crippen LogP contribution in [0, 0.1) is 11.6 Å². The van der Waals surface area contributed by atoms with E-state index in [1.807, 2.05) is 0 Å². The molecule has 0 heterocycles. The molecule has 0 fully saturated rings. The minimum Gasteiger partial charge on any atom is -0.467 e. The fraction of sp³-hybridized carbons (Fsp3) is 0.286. The van der Waals surface area contributed by atoms with E-state index in [0.717, 1.165) is 7.11 Å². The zero-order valence-electron chi connectivity index (χ0n) is 16.1. The number of carbonyl (C=O) groups is 3. The number of hydrogen-bond donors (Lipinski definition) is 2. The quantitative estimate of drug-likeness (QED) is 0.659. The van der Waals surface area contributed by atoms with Gasteiger partial charge < -0.3 is 15.4 Å². The molecule has 0 spiro atoms. The van der Waals surface area contributed by atoms with E-state index in [4.69, 9.17) is 4.74 Å².